The third kappa shape index (κ3) is 2.94. The molecule has 1 heterocycles. The molecule has 0 amide bonds. The van der Waals surface area contributed by atoms with Crippen LogP contribution in [0.5, 0.6) is 11.5 Å². The van der Waals surface area contributed by atoms with Gasteiger partial charge < -0.3 is 19.6 Å². The first-order chi connectivity index (χ1) is 15.2. The number of carbonyl (C=O) groups is 1. The van der Waals surface area contributed by atoms with Crippen LogP contribution in [0, 0.1) is 0 Å². The van der Waals surface area contributed by atoms with Gasteiger partial charge in [0.05, 0.1) is 16.0 Å². The highest BCUT2D eigenvalue weighted by Crippen LogP contribution is 2.44. The molecule has 0 fully saturated rings. The van der Waals surface area contributed by atoms with Crippen LogP contribution in [0.2, 0.25) is 0 Å². The van der Waals surface area contributed by atoms with Crippen molar-refractivity contribution >= 4 is 32.5 Å². The summed E-state index contributed by atoms with van der Waals surface area (Å²) in [5, 5.41) is 0.567. The molecule has 0 saturated carbocycles. The second-order valence-corrected chi connectivity index (χ2v) is 8.87. The molecule has 1 aromatic heterocycles. The number of hydrogen-bond acceptors (Lipinski definition) is 6. The lowest BCUT2D eigenvalue weighted by Gasteiger charge is -2.22. The molecule has 0 saturated heterocycles. The molecule has 3 N–H and O–H groups in total. The van der Waals surface area contributed by atoms with Gasteiger partial charge in [-0.2, -0.15) is 0 Å². The van der Waals surface area contributed by atoms with Crippen molar-refractivity contribution in [1.29, 1.82) is 0 Å². The van der Waals surface area contributed by atoms with E-state index in [-0.39, 0.29) is 27.7 Å². The molecule has 0 spiro atoms. The number of quaternary nitrogens is 1. The molecule has 0 aliphatic heterocycles. The van der Waals surface area contributed by atoms with Crippen LogP contribution in [-0.4, -0.2) is 23.3 Å². The smallest absolute Gasteiger partial charge is 0.251 e. The van der Waals surface area contributed by atoms with Crippen LogP contribution >= 0.6 is 0 Å². The van der Waals surface area contributed by atoms with E-state index in [0.29, 0.717) is 38.8 Å². The molecular weight excluding hydrogens is 432 g/mol. The molecule has 0 atom stereocenters. The summed E-state index contributed by atoms with van der Waals surface area (Å²) >= 11 is 0. The van der Waals surface area contributed by atoms with Crippen LogP contribution < -0.4 is 16.0 Å². The number of aryl methyl sites for hydroxylation is 1. The molecule has 1 aliphatic carbocycles. The van der Waals surface area contributed by atoms with E-state index < -0.39 is 10.1 Å². The Kier molecular flexibility index (Phi) is 4.31. The Bertz CT molecular complexity index is 1620. The summed E-state index contributed by atoms with van der Waals surface area (Å²) in [7, 11) is -3.00. The average Bonchev–Trinajstić information content (AvgIpc) is 2.75. The SMILES string of the molecule is Cn1c(=O)cc2c3c(c([NH3+])cc(Oc4ccc(S(=O)(=O)[O-])cc4)c31)C(=O)c1ccccc1-2. The van der Waals surface area contributed by atoms with E-state index in [4.69, 9.17) is 4.74 Å². The second-order valence-electron chi connectivity index (χ2n) is 7.49. The lowest BCUT2D eigenvalue weighted by molar-refractivity contribution is -0.255. The average molecular weight is 448 g/mol. The maximum Gasteiger partial charge on any atom is 0.251 e. The molecule has 8 nitrogen and oxygen atoms in total. The predicted octanol–water partition coefficient (Wildman–Crippen LogP) is 2.32. The summed E-state index contributed by atoms with van der Waals surface area (Å²) in [6, 6.07) is 15.1. The lowest BCUT2D eigenvalue weighted by Crippen LogP contribution is -2.42. The van der Waals surface area contributed by atoms with E-state index in [9.17, 15) is 22.6 Å². The summed E-state index contributed by atoms with van der Waals surface area (Å²) in [6.45, 7) is 0. The fourth-order valence-corrected chi connectivity index (χ4v) is 4.57. The number of benzene rings is 3. The number of ketones is 1. The quantitative estimate of drug-likeness (QED) is 0.421. The van der Waals surface area contributed by atoms with Crippen molar-refractivity contribution in [2.45, 2.75) is 4.90 Å². The van der Waals surface area contributed by atoms with Gasteiger partial charge in [0.15, 0.2) is 11.5 Å². The molecule has 9 heteroatoms. The van der Waals surface area contributed by atoms with Crippen molar-refractivity contribution < 1.29 is 28.2 Å². The molecule has 32 heavy (non-hydrogen) atoms. The topological polar surface area (TPSA) is 133 Å². The zero-order valence-corrected chi connectivity index (χ0v) is 17.6. The molecule has 1 aliphatic rings. The maximum atomic E-state index is 13.3. The standard InChI is InChI=1S/C23H16N2O6S/c1-25-19(26)10-16-14-4-2-3-5-15(14)23(27)21-17(24)11-18(22(25)20(16)21)31-12-6-8-13(9-7-12)32(28,29)30/h2-11H,24H2,1H3,(H,28,29,30). The molecule has 4 aromatic rings. The number of carbonyl (C=O) groups excluding carboxylic acids is 1. The van der Waals surface area contributed by atoms with E-state index in [1.165, 1.54) is 22.8 Å². The third-order valence-corrected chi connectivity index (χ3v) is 6.43. The Hall–Kier alpha value is -3.79. The number of ether oxygens (including phenoxy) is 1. The number of hydrogen-bond donors (Lipinski definition) is 1. The van der Waals surface area contributed by atoms with E-state index >= 15 is 0 Å². The molecule has 0 bridgehead atoms. The molecule has 0 unspecified atom stereocenters. The van der Waals surface area contributed by atoms with Gasteiger partial charge in [-0.1, -0.05) is 24.3 Å². The van der Waals surface area contributed by atoms with Crippen LogP contribution in [-0.2, 0) is 17.2 Å². The Morgan fingerprint density at radius 1 is 0.938 bits per heavy atom. The summed E-state index contributed by atoms with van der Waals surface area (Å²) in [4.78, 5) is 25.7. The van der Waals surface area contributed by atoms with Crippen LogP contribution in [0.15, 0.2) is 70.4 Å². The highest BCUT2D eigenvalue weighted by Gasteiger charge is 2.31. The largest absolute Gasteiger partial charge is 0.744 e. The molecule has 5 rings (SSSR count). The van der Waals surface area contributed by atoms with Gasteiger partial charge in [-0.05, 0) is 35.4 Å². The first-order valence-electron chi connectivity index (χ1n) is 9.57. The molecule has 3 aromatic carbocycles. The minimum atomic E-state index is -4.59. The number of aromatic nitrogens is 1. The third-order valence-electron chi connectivity index (χ3n) is 5.58. The van der Waals surface area contributed by atoms with Gasteiger partial charge in [0.2, 0.25) is 0 Å². The van der Waals surface area contributed by atoms with Crippen molar-refractivity contribution in [3.63, 3.8) is 0 Å². The maximum absolute atomic E-state index is 13.3. The fourth-order valence-electron chi connectivity index (χ4n) is 4.10. The molecule has 0 radical (unpaired) electrons. The molecule has 160 valence electrons. The van der Waals surface area contributed by atoms with Crippen LogP contribution in [0.4, 0.5) is 5.69 Å². The Balaban J connectivity index is 1.78. The van der Waals surface area contributed by atoms with Gasteiger partial charge in [0.1, 0.15) is 21.6 Å². The van der Waals surface area contributed by atoms with E-state index in [1.54, 1.807) is 37.4 Å². The zero-order chi connectivity index (χ0) is 22.8. The Labute approximate surface area is 182 Å². The summed E-state index contributed by atoms with van der Waals surface area (Å²) in [5.41, 5.74) is 6.79. The van der Waals surface area contributed by atoms with Crippen molar-refractivity contribution in [3.05, 3.63) is 82.1 Å². The lowest BCUT2D eigenvalue weighted by atomic mass is 9.83. The van der Waals surface area contributed by atoms with Gasteiger partial charge in [-0.3, -0.25) is 9.59 Å². The number of rotatable bonds is 3. The van der Waals surface area contributed by atoms with E-state index in [0.717, 1.165) is 12.1 Å². The number of fused-ring (bicyclic) bond motifs is 2. The fraction of sp³-hybridized carbons (Fsp3) is 0.0435. The summed E-state index contributed by atoms with van der Waals surface area (Å²) in [5.74, 6) is 0.353. The first-order valence-corrected chi connectivity index (χ1v) is 11.0. The van der Waals surface area contributed by atoms with Crippen LogP contribution in [0.1, 0.15) is 15.9 Å². The monoisotopic (exact) mass is 448 g/mol. The minimum absolute atomic E-state index is 0.182. The van der Waals surface area contributed by atoms with Crippen LogP contribution in [0.3, 0.4) is 0 Å². The normalized spacial score (nSPS) is 12.7. The minimum Gasteiger partial charge on any atom is -0.744 e. The zero-order valence-electron chi connectivity index (χ0n) is 16.8. The van der Waals surface area contributed by atoms with Gasteiger partial charge in [-0.25, -0.2) is 8.42 Å². The van der Waals surface area contributed by atoms with E-state index in [2.05, 4.69) is 5.73 Å². The van der Waals surface area contributed by atoms with Crippen molar-refractivity contribution in [2.75, 3.05) is 0 Å². The highest BCUT2D eigenvalue weighted by molar-refractivity contribution is 7.85. The van der Waals surface area contributed by atoms with Crippen molar-refractivity contribution in [1.82, 2.24) is 4.57 Å². The Morgan fingerprint density at radius 3 is 2.25 bits per heavy atom. The highest BCUT2D eigenvalue weighted by atomic mass is 32.2. The summed E-state index contributed by atoms with van der Waals surface area (Å²) < 4.78 is 40.9. The first kappa shape index (κ1) is 20.1. The van der Waals surface area contributed by atoms with Gasteiger partial charge >= 0.3 is 0 Å². The summed E-state index contributed by atoms with van der Waals surface area (Å²) in [6.07, 6.45) is 0. The van der Waals surface area contributed by atoms with E-state index in [1.807, 2.05) is 0 Å². The number of pyridine rings is 1. The van der Waals surface area contributed by atoms with Gasteiger partial charge in [0.25, 0.3) is 5.56 Å². The van der Waals surface area contributed by atoms with Gasteiger partial charge in [-0.15, -0.1) is 0 Å². The van der Waals surface area contributed by atoms with Crippen LogP contribution in [0.25, 0.3) is 22.0 Å². The predicted molar refractivity (Wildman–Crippen MR) is 115 cm³/mol. The number of nitrogens with zero attached hydrogens (tertiary/aromatic N) is 1. The second kappa shape index (κ2) is 6.86. The van der Waals surface area contributed by atoms with Gasteiger partial charge in [0, 0.05) is 30.1 Å². The Morgan fingerprint density at radius 2 is 1.59 bits per heavy atom. The molecular formula is C23H16N2O6S. The van der Waals surface area contributed by atoms with Crippen molar-refractivity contribution in [2.24, 2.45) is 7.05 Å². The van der Waals surface area contributed by atoms with Crippen molar-refractivity contribution in [3.8, 4) is 22.6 Å².